The molecular formula is C15H23N. The van der Waals surface area contributed by atoms with Gasteiger partial charge in [0.05, 0.1) is 0 Å². The van der Waals surface area contributed by atoms with Crippen LogP contribution in [0.2, 0.25) is 0 Å². The summed E-state index contributed by atoms with van der Waals surface area (Å²) >= 11 is 0. The van der Waals surface area contributed by atoms with Crippen molar-refractivity contribution in [3.8, 4) is 0 Å². The molecule has 0 bridgehead atoms. The van der Waals surface area contributed by atoms with Gasteiger partial charge < -0.3 is 0 Å². The lowest BCUT2D eigenvalue weighted by Gasteiger charge is -1.98. The van der Waals surface area contributed by atoms with Crippen LogP contribution in [0.5, 0.6) is 0 Å². The Hall–Kier alpha value is -1.37. The second kappa shape index (κ2) is 8.90. The van der Waals surface area contributed by atoms with E-state index in [1.54, 1.807) is 0 Å². The lowest BCUT2D eigenvalue weighted by molar-refractivity contribution is 1.09. The lowest BCUT2D eigenvalue weighted by atomic mass is 10.1. The molecule has 0 aliphatic carbocycles. The van der Waals surface area contributed by atoms with Crippen LogP contribution in [0, 0.1) is 6.92 Å². The van der Waals surface area contributed by atoms with Gasteiger partial charge in [-0.15, -0.1) is 0 Å². The fourth-order valence-electron chi connectivity index (χ4n) is 1.27. The molecule has 1 aromatic carbocycles. The van der Waals surface area contributed by atoms with E-state index in [0.717, 1.165) is 0 Å². The molecule has 2 rings (SSSR count). The standard InChI is InChI=1S/C10H9N.C3H8.C2H6/c1-8-3-2-4-9-5-6-11-7-10(8)9;1-3-2;1-2/h2-7H,1H3;3H2,1-2H3;1-2H3. The van der Waals surface area contributed by atoms with Crippen molar-refractivity contribution in [2.75, 3.05) is 0 Å². The molecule has 0 unspecified atom stereocenters. The zero-order chi connectivity index (χ0) is 12.4. The van der Waals surface area contributed by atoms with Gasteiger partial charge in [-0.2, -0.15) is 0 Å². The summed E-state index contributed by atoms with van der Waals surface area (Å²) in [5, 5.41) is 2.51. The van der Waals surface area contributed by atoms with Gasteiger partial charge in [-0.05, 0) is 23.9 Å². The van der Waals surface area contributed by atoms with Gasteiger partial charge in [0.25, 0.3) is 0 Å². The van der Waals surface area contributed by atoms with Crippen molar-refractivity contribution in [3.05, 3.63) is 42.2 Å². The monoisotopic (exact) mass is 217 g/mol. The molecule has 2 aromatic rings. The van der Waals surface area contributed by atoms with Crippen molar-refractivity contribution < 1.29 is 0 Å². The van der Waals surface area contributed by atoms with Crippen LogP contribution >= 0.6 is 0 Å². The van der Waals surface area contributed by atoms with Crippen LogP contribution in [0.15, 0.2) is 36.7 Å². The van der Waals surface area contributed by atoms with E-state index < -0.39 is 0 Å². The van der Waals surface area contributed by atoms with Gasteiger partial charge in [0.15, 0.2) is 0 Å². The quantitative estimate of drug-likeness (QED) is 0.606. The van der Waals surface area contributed by atoms with Crippen LogP contribution in [0.4, 0.5) is 0 Å². The predicted molar refractivity (Wildman–Crippen MR) is 73.8 cm³/mol. The van der Waals surface area contributed by atoms with Crippen molar-refractivity contribution in [1.82, 2.24) is 4.98 Å². The summed E-state index contributed by atoms with van der Waals surface area (Å²) in [4.78, 5) is 4.07. The second-order valence-electron chi connectivity index (χ2n) is 3.38. The smallest absolute Gasteiger partial charge is 0.0349 e. The zero-order valence-electron chi connectivity index (χ0n) is 11.1. The van der Waals surface area contributed by atoms with E-state index in [1.165, 1.54) is 22.8 Å². The van der Waals surface area contributed by atoms with Gasteiger partial charge in [0, 0.05) is 17.8 Å². The number of aryl methyl sites for hydroxylation is 1. The van der Waals surface area contributed by atoms with Gasteiger partial charge in [0.2, 0.25) is 0 Å². The highest BCUT2D eigenvalue weighted by atomic mass is 14.6. The molecule has 0 N–H and O–H groups in total. The van der Waals surface area contributed by atoms with Crippen molar-refractivity contribution in [1.29, 1.82) is 0 Å². The Kier molecular flexibility index (Phi) is 8.14. The minimum atomic E-state index is 1.25. The number of rotatable bonds is 0. The molecule has 0 radical (unpaired) electrons. The predicted octanol–water partition coefficient (Wildman–Crippen LogP) is 4.99. The highest BCUT2D eigenvalue weighted by Crippen LogP contribution is 2.15. The topological polar surface area (TPSA) is 12.9 Å². The molecule has 0 aliphatic rings. The highest BCUT2D eigenvalue weighted by Gasteiger charge is 1.92. The van der Waals surface area contributed by atoms with Crippen LogP contribution in [0.1, 0.15) is 39.7 Å². The molecule has 1 heterocycles. The van der Waals surface area contributed by atoms with E-state index in [2.05, 4.69) is 44.0 Å². The van der Waals surface area contributed by atoms with E-state index >= 15 is 0 Å². The third kappa shape index (κ3) is 4.43. The van der Waals surface area contributed by atoms with Gasteiger partial charge in [-0.1, -0.05) is 52.3 Å². The highest BCUT2D eigenvalue weighted by molar-refractivity contribution is 5.84. The summed E-state index contributed by atoms with van der Waals surface area (Å²) in [6.07, 6.45) is 4.98. The Morgan fingerprint density at radius 3 is 2.25 bits per heavy atom. The first-order valence-corrected chi connectivity index (χ1v) is 6.09. The first-order chi connectivity index (χ1) is 7.79. The van der Waals surface area contributed by atoms with Crippen LogP contribution in [-0.4, -0.2) is 4.98 Å². The van der Waals surface area contributed by atoms with E-state index in [9.17, 15) is 0 Å². The number of aromatic nitrogens is 1. The maximum absolute atomic E-state index is 4.07. The largest absolute Gasteiger partial charge is 0.264 e. The molecule has 0 spiro atoms. The average molecular weight is 217 g/mol. The first kappa shape index (κ1) is 14.6. The van der Waals surface area contributed by atoms with Gasteiger partial charge in [0.1, 0.15) is 0 Å². The molecular weight excluding hydrogens is 194 g/mol. The van der Waals surface area contributed by atoms with Crippen LogP contribution in [-0.2, 0) is 0 Å². The van der Waals surface area contributed by atoms with E-state index in [0.29, 0.717) is 0 Å². The molecule has 16 heavy (non-hydrogen) atoms. The number of fused-ring (bicyclic) bond motifs is 1. The summed E-state index contributed by atoms with van der Waals surface area (Å²) in [7, 11) is 0. The maximum Gasteiger partial charge on any atom is 0.0349 e. The minimum Gasteiger partial charge on any atom is -0.264 e. The van der Waals surface area contributed by atoms with Crippen molar-refractivity contribution in [2.24, 2.45) is 0 Å². The van der Waals surface area contributed by atoms with Crippen molar-refractivity contribution in [2.45, 2.75) is 41.0 Å². The Balaban J connectivity index is 0.000000394. The molecule has 1 nitrogen and oxygen atoms in total. The number of hydrogen-bond donors (Lipinski definition) is 0. The van der Waals surface area contributed by atoms with Crippen LogP contribution in [0.25, 0.3) is 10.8 Å². The first-order valence-electron chi connectivity index (χ1n) is 6.09. The summed E-state index contributed by atoms with van der Waals surface area (Å²) < 4.78 is 0. The summed E-state index contributed by atoms with van der Waals surface area (Å²) in [5.41, 5.74) is 1.29. The zero-order valence-corrected chi connectivity index (χ0v) is 11.1. The Morgan fingerprint density at radius 1 is 1.06 bits per heavy atom. The second-order valence-corrected chi connectivity index (χ2v) is 3.38. The molecule has 0 amide bonds. The van der Waals surface area contributed by atoms with Crippen molar-refractivity contribution in [3.63, 3.8) is 0 Å². The Labute approximate surface area is 99.5 Å². The summed E-state index contributed by atoms with van der Waals surface area (Å²) in [6.45, 7) is 10.4. The molecule has 0 atom stereocenters. The third-order valence-corrected chi connectivity index (χ3v) is 1.90. The normalized spacial score (nSPS) is 8.56. The van der Waals surface area contributed by atoms with Gasteiger partial charge in [-0.25, -0.2) is 0 Å². The molecule has 1 heteroatoms. The van der Waals surface area contributed by atoms with Gasteiger partial charge >= 0.3 is 0 Å². The number of pyridine rings is 1. The van der Waals surface area contributed by atoms with Crippen LogP contribution in [0.3, 0.4) is 0 Å². The maximum atomic E-state index is 4.07. The third-order valence-electron chi connectivity index (χ3n) is 1.90. The minimum absolute atomic E-state index is 1.25. The molecule has 0 fully saturated rings. The number of benzene rings is 1. The molecule has 1 aromatic heterocycles. The number of hydrogen-bond acceptors (Lipinski definition) is 1. The molecule has 88 valence electrons. The summed E-state index contributed by atoms with van der Waals surface area (Å²) in [5.74, 6) is 0. The SMILES string of the molecule is CC.CCC.Cc1cccc2ccncc12. The molecule has 0 aliphatic heterocycles. The fraction of sp³-hybridized carbons (Fsp3) is 0.400. The van der Waals surface area contributed by atoms with E-state index in [4.69, 9.17) is 0 Å². The Morgan fingerprint density at radius 2 is 1.69 bits per heavy atom. The lowest BCUT2D eigenvalue weighted by Crippen LogP contribution is -1.78. The van der Waals surface area contributed by atoms with Crippen LogP contribution < -0.4 is 0 Å². The number of nitrogens with zero attached hydrogens (tertiary/aromatic N) is 1. The van der Waals surface area contributed by atoms with Gasteiger partial charge in [-0.3, -0.25) is 4.98 Å². The van der Waals surface area contributed by atoms with E-state index in [-0.39, 0.29) is 0 Å². The molecule has 0 saturated heterocycles. The average Bonchev–Trinajstić information content (AvgIpc) is 2.33. The van der Waals surface area contributed by atoms with E-state index in [1.807, 2.05) is 32.3 Å². The van der Waals surface area contributed by atoms with Crippen molar-refractivity contribution >= 4 is 10.8 Å². The Bertz CT molecular complexity index is 388. The summed E-state index contributed by atoms with van der Waals surface area (Å²) in [6, 6.07) is 8.30. The fourth-order valence-corrected chi connectivity index (χ4v) is 1.27. The molecule has 0 saturated carbocycles.